The molecule has 0 unspecified atom stereocenters. The molecule has 3 aliphatic rings. The van der Waals surface area contributed by atoms with E-state index >= 15 is 0 Å². The number of halogens is 3. The number of Topliss-reactive ketones (excluding diaryl/α,β-unsaturated/α-hetero) is 1. The van der Waals surface area contributed by atoms with Gasteiger partial charge in [-0.3, -0.25) is 14.6 Å². The number of hydrogen-bond donors (Lipinski definition) is 0. The van der Waals surface area contributed by atoms with E-state index < -0.39 is 17.2 Å². The number of ether oxygens (including phenoxy) is 1. The van der Waals surface area contributed by atoms with Crippen molar-refractivity contribution >= 4 is 17.9 Å². The van der Waals surface area contributed by atoms with Gasteiger partial charge in [-0.2, -0.15) is 13.2 Å². The van der Waals surface area contributed by atoms with Crippen LogP contribution in [0.25, 0.3) is 0 Å². The number of carbonyl (C=O) groups excluding carboxylic acids is 2. The summed E-state index contributed by atoms with van der Waals surface area (Å²) < 4.78 is 45.0. The Balaban J connectivity index is 1.52. The van der Waals surface area contributed by atoms with Gasteiger partial charge in [0.2, 0.25) is 5.91 Å². The lowest BCUT2D eigenvalue weighted by Crippen LogP contribution is -2.49. The standard InChI is InChI=1S/C25H31F3N2O3/c1-16(2)24(8-5-20(12-24)29-13-17-6-9-33-10-7-17)23(32)30-14-18-11-19(25(26,27)28)3-4-21(18)22(31)15-30/h3-4,11,13,16-17,20H,5-10,12,14-15H2,1-2H3/t20-,24+/m1/s1. The number of alkyl halides is 3. The Labute approximate surface area is 192 Å². The van der Waals surface area contributed by atoms with Gasteiger partial charge in [0, 0.05) is 31.5 Å². The first-order valence-electron chi connectivity index (χ1n) is 11.7. The molecule has 5 nitrogen and oxygen atoms in total. The number of amides is 1. The first-order valence-corrected chi connectivity index (χ1v) is 11.7. The molecule has 1 aliphatic carbocycles. The molecule has 33 heavy (non-hydrogen) atoms. The van der Waals surface area contributed by atoms with Crippen molar-refractivity contribution in [3.8, 4) is 0 Å². The Morgan fingerprint density at radius 1 is 1.21 bits per heavy atom. The maximum Gasteiger partial charge on any atom is 0.416 e. The van der Waals surface area contributed by atoms with Gasteiger partial charge < -0.3 is 9.64 Å². The second-order valence-corrected chi connectivity index (χ2v) is 9.91. The van der Waals surface area contributed by atoms with Gasteiger partial charge in [0.15, 0.2) is 5.78 Å². The van der Waals surface area contributed by atoms with Crippen LogP contribution in [0.15, 0.2) is 23.2 Å². The number of hydrogen-bond acceptors (Lipinski definition) is 4. The molecular weight excluding hydrogens is 433 g/mol. The highest BCUT2D eigenvalue weighted by atomic mass is 19.4. The van der Waals surface area contributed by atoms with E-state index in [1.54, 1.807) is 0 Å². The Kier molecular flexibility index (Phi) is 6.67. The molecule has 2 atom stereocenters. The second kappa shape index (κ2) is 9.20. The number of rotatable bonds is 4. The number of ketones is 1. The average molecular weight is 465 g/mol. The first-order chi connectivity index (χ1) is 15.6. The van der Waals surface area contributed by atoms with E-state index in [4.69, 9.17) is 9.73 Å². The van der Waals surface area contributed by atoms with Gasteiger partial charge in [0.25, 0.3) is 0 Å². The fourth-order valence-electron chi connectivity index (χ4n) is 5.40. The van der Waals surface area contributed by atoms with Crippen molar-refractivity contribution < 1.29 is 27.5 Å². The normalized spacial score (nSPS) is 26.9. The van der Waals surface area contributed by atoms with Gasteiger partial charge in [-0.15, -0.1) is 0 Å². The van der Waals surface area contributed by atoms with Crippen LogP contribution in [0.5, 0.6) is 0 Å². The van der Waals surface area contributed by atoms with Gasteiger partial charge >= 0.3 is 6.18 Å². The lowest BCUT2D eigenvalue weighted by atomic mass is 9.73. The molecule has 0 spiro atoms. The van der Waals surface area contributed by atoms with E-state index in [-0.39, 0.29) is 47.9 Å². The van der Waals surface area contributed by atoms with Crippen molar-refractivity contribution in [2.24, 2.45) is 22.2 Å². The van der Waals surface area contributed by atoms with E-state index in [1.807, 2.05) is 20.1 Å². The fourth-order valence-corrected chi connectivity index (χ4v) is 5.40. The smallest absolute Gasteiger partial charge is 0.381 e. The van der Waals surface area contributed by atoms with Crippen LogP contribution < -0.4 is 0 Å². The molecule has 1 aromatic rings. The third-order valence-electron chi connectivity index (χ3n) is 7.54. The van der Waals surface area contributed by atoms with E-state index in [2.05, 4.69) is 0 Å². The molecule has 2 heterocycles. The van der Waals surface area contributed by atoms with Crippen molar-refractivity contribution in [1.82, 2.24) is 4.90 Å². The quantitative estimate of drug-likeness (QED) is 0.594. The highest BCUT2D eigenvalue weighted by molar-refractivity contribution is 6.02. The minimum Gasteiger partial charge on any atom is -0.381 e. The molecule has 1 aromatic carbocycles. The fraction of sp³-hybridized carbons (Fsp3) is 0.640. The zero-order chi connectivity index (χ0) is 23.8. The maximum atomic E-state index is 13.7. The summed E-state index contributed by atoms with van der Waals surface area (Å²) in [5, 5.41) is 0. The van der Waals surface area contributed by atoms with Crippen LogP contribution in [0.4, 0.5) is 13.2 Å². The molecule has 0 radical (unpaired) electrons. The Morgan fingerprint density at radius 2 is 1.94 bits per heavy atom. The van der Waals surface area contributed by atoms with Gasteiger partial charge in [-0.05, 0) is 61.6 Å². The molecule has 4 rings (SSSR count). The predicted molar refractivity (Wildman–Crippen MR) is 118 cm³/mol. The largest absolute Gasteiger partial charge is 0.416 e. The van der Waals surface area contributed by atoms with Crippen LogP contribution in [0.3, 0.4) is 0 Å². The molecule has 180 valence electrons. The summed E-state index contributed by atoms with van der Waals surface area (Å²) in [6.07, 6.45) is 1.50. The Bertz CT molecular complexity index is 937. The maximum absolute atomic E-state index is 13.7. The highest BCUT2D eigenvalue weighted by Crippen LogP contribution is 2.47. The van der Waals surface area contributed by atoms with Crippen LogP contribution in [0.2, 0.25) is 0 Å². The first kappa shape index (κ1) is 23.9. The third kappa shape index (κ3) is 4.86. The molecule has 1 saturated heterocycles. The molecule has 1 saturated carbocycles. The summed E-state index contributed by atoms with van der Waals surface area (Å²) in [5.74, 6) is -0.0177. The molecule has 0 N–H and O–H groups in total. The molecule has 8 heteroatoms. The van der Waals surface area contributed by atoms with Gasteiger partial charge in [0.1, 0.15) is 0 Å². The van der Waals surface area contributed by atoms with Crippen molar-refractivity contribution in [2.45, 2.75) is 64.7 Å². The lowest BCUT2D eigenvalue weighted by Gasteiger charge is -2.39. The van der Waals surface area contributed by atoms with E-state index in [1.165, 1.54) is 11.0 Å². The molecular formula is C25H31F3N2O3. The summed E-state index contributed by atoms with van der Waals surface area (Å²) in [6.45, 7) is 5.43. The number of benzene rings is 1. The summed E-state index contributed by atoms with van der Waals surface area (Å²) in [6, 6.07) is 3.22. The highest BCUT2D eigenvalue weighted by Gasteiger charge is 2.50. The van der Waals surface area contributed by atoms with Crippen LogP contribution >= 0.6 is 0 Å². The van der Waals surface area contributed by atoms with E-state index in [0.29, 0.717) is 18.8 Å². The molecule has 0 aromatic heterocycles. The van der Waals surface area contributed by atoms with Crippen LogP contribution in [0.1, 0.15) is 67.4 Å². The molecule has 2 fully saturated rings. The van der Waals surface area contributed by atoms with Gasteiger partial charge in [0.05, 0.1) is 23.6 Å². The van der Waals surface area contributed by atoms with Crippen molar-refractivity contribution in [1.29, 1.82) is 0 Å². The molecule has 0 bridgehead atoms. The van der Waals surface area contributed by atoms with Crippen molar-refractivity contribution in [3.63, 3.8) is 0 Å². The van der Waals surface area contributed by atoms with Crippen molar-refractivity contribution in [2.75, 3.05) is 19.8 Å². The number of aliphatic imine (C=N–C) groups is 1. The summed E-state index contributed by atoms with van der Waals surface area (Å²) >= 11 is 0. The minimum absolute atomic E-state index is 0.0221. The van der Waals surface area contributed by atoms with Gasteiger partial charge in [-0.25, -0.2) is 0 Å². The zero-order valence-corrected chi connectivity index (χ0v) is 19.2. The minimum atomic E-state index is -4.50. The monoisotopic (exact) mass is 464 g/mol. The van der Waals surface area contributed by atoms with E-state index in [0.717, 1.165) is 44.6 Å². The SMILES string of the molecule is CC(C)[C@]1(C(=O)N2CC(=O)c3ccc(C(F)(F)F)cc3C2)CC[C@@H](N=CC2CCOCC2)C1. The third-order valence-corrected chi connectivity index (χ3v) is 7.54. The van der Waals surface area contributed by atoms with E-state index in [9.17, 15) is 22.8 Å². The lowest BCUT2D eigenvalue weighted by molar-refractivity contribution is -0.145. The topological polar surface area (TPSA) is 59.0 Å². The van der Waals surface area contributed by atoms with Crippen LogP contribution in [0, 0.1) is 17.3 Å². The van der Waals surface area contributed by atoms with Crippen molar-refractivity contribution in [3.05, 3.63) is 34.9 Å². The van der Waals surface area contributed by atoms with Crippen LogP contribution in [-0.2, 0) is 22.3 Å². The number of nitrogens with zero attached hydrogens (tertiary/aromatic N) is 2. The van der Waals surface area contributed by atoms with Crippen LogP contribution in [-0.4, -0.2) is 48.6 Å². The Hall–Kier alpha value is -2.22. The predicted octanol–water partition coefficient (Wildman–Crippen LogP) is 4.92. The number of carbonyl (C=O) groups is 2. The zero-order valence-electron chi connectivity index (χ0n) is 19.2. The summed E-state index contributed by atoms with van der Waals surface area (Å²) in [4.78, 5) is 32.7. The summed E-state index contributed by atoms with van der Waals surface area (Å²) in [5.41, 5.74) is -0.918. The Morgan fingerprint density at radius 3 is 2.61 bits per heavy atom. The molecule has 1 amide bonds. The molecule has 2 aliphatic heterocycles. The number of fused-ring (bicyclic) bond motifs is 1. The second-order valence-electron chi connectivity index (χ2n) is 9.91. The average Bonchev–Trinajstić information content (AvgIpc) is 3.22. The summed E-state index contributed by atoms with van der Waals surface area (Å²) in [7, 11) is 0. The van der Waals surface area contributed by atoms with Gasteiger partial charge in [-0.1, -0.05) is 19.9 Å².